The molecule has 2 bridgehead atoms. The molecule has 1 aliphatic carbocycles. The first kappa shape index (κ1) is 20.4. The van der Waals surface area contributed by atoms with Crippen LogP contribution >= 0.6 is 0 Å². The maximum atomic E-state index is 13.2. The van der Waals surface area contributed by atoms with Gasteiger partial charge >= 0.3 is 19.1 Å². The van der Waals surface area contributed by atoms with E-state index < -0.39 is 47.8 Å². The van der Waals surface area contributed by atoms with Gasteiger partial charge in [0.25, 0.3) is 5.91 Å². The number of carboxylic acids is 1. The Morgan fingerprint density at radius 2 is 2.13 bits per heavy atom. The molecule has 160 valence electrons. The predicted octanol–water partition coefficient (Wildman–Crippen LogP) is -1.31. The number of ether oxygens (including phenoxy) is 1. The second kappa shape index (κ2) is 7.15. The Morgan fingerprint density at radius 1 is 1.40 bits per heavy atom. The van der Waals surface area contributed by atoms with Gasteiger partial charge in [0.05, 0.1) is 13.1 Å². The van der Waals surface area contributed by atoms with Crippen molar-refractivity contribution in [2.45, 2.75) is 36.8 Å². The minimum atomic E-state index is -2.10. The van der Waals surface area contributed by atoms with Gasteiger partial charge in [-0.15, -0.1) is 0 Å². The molecule has 0 aromatic heterocycles. The summed E-state index contributed by atoms with van der Waals surface area (Å²) in [7, 11) is -0.848. The summed E-state index contributed by atoms with van der Waals surface area (Å²) in [5.41, 5.74) is -1.54. The molecule has 6 N–H and O–H groups in total. The van der Waals surface area contributed by atoms with Gasteiger partial charge in [0.2, 0.25) is 0 Å². The van der Waals surface area contributed by atoms with Gasteiger partial charge < -0.3 is 35.6 Å². The number of carboxylic acid groups (broad SMARTS) is 1. The molecule has 3 amide bonds. The van der Waals surface area contributed by atoms with Crippen LogP contribution in [0.3, 0.4) is 0 Å². The van der Waals surface area contributed by atoms with Crippen molar-refractivity contribution in [3.63, 3.8) is 0 Å². The number of carbonyl (C=O) groups excluding carboxylic acids is 2. The minimum Gasteiger partial charge on any atom is -0.507 e. The van der Waals surface area contributed by atoms with E-state index in [1.165, 1.54) is 19.2 Å². The number of benzene rings is 1. The highest BCUT2D eigenvalue weighted by Gasteiger charge is 2.64. The van der Waals surface area contributed by atoms with Crippen molar-refractivity contribution in [3.8, 4) is 11.5 Å². The van der Waals surface area contributed by atoms with Crippen LogP contribution in [0.4, 0.5) is 4.79 Å². The van der Waals surface area contributed by atoms with Crippen molar-refractivity contribution in [1.29, 1.82) is 0 Å². The highest BCUT2D eigenvalue weighted by atomic mass is 16.5. The lowest BCUT2D eigenvalue weighted by Crippen LogP contribution is -2.57. The lowest BCUT2D eigenvalue weighted by Gasteiger charge is -2.32. The number of rotatable bonds is 6. The average molecular weight is 419 g/mol. The summed E-state index contributed by atoms with van der Waals surface area (Å²) in [6.45, 7) is 0.581. The van der Waals surface area contributed by atoms with Crippen molar-refractivity contribution >= 4 is 25.0 Å². The van der Waals surface area contributed by atoms with Crippen molar-refractivity contribution < 1.29 is 39.4 Å². The van der Waals surface area contributed by atoms with E-state index in [9.17, 15) is 34.6 Å². The highest BCUT2D eigenvalue weighted by Crippen LogP contribution is 2.44. The number of methoxy groups -OCH3 is 1. The van der Waals surface area contributed by atoms with Crippen molar-refractivity contribution in [1.82, 2.24) is 15.5 Å². The van der Waals surface area contributed by atoms with Crippen LogP contribution in [0.2, 0.25) is 0 Å². The van der Waals surface area contributed by atoms with Crippen LogP contribution in [-0.2, 0) is 11.2 Å². The van der Waals surface area contributed by atoms with Crippen LogP contribution < -0.4 is 15.4 Å². The molecule has 0 radical (unpaired) electrons. The van der Waals surface area contributed by atoms with E-state index >= 15 is 0 Å². The van der Waals surface area contributed by atoms with Crippen LogP contribution in [0.1, 0.15) is 28.8 Å². The third-order valence-electron chi connectivity index (χ3n) is 6.40. The molecule has 4 atom stereocenters. The molecule has 12 heteroatoms. The molecule has 11 nitrogen and oxygen atoms in total. The third-order valence-corrected chi connectivity index (χ3v) is 6.40. The van der Waals surface area contributed by atoms with E-state index in [4.69, 9.17) is 4.74 Å². The maximum absolute atomic E-state index is 13.2. The van der Waals surface area contributed by atoms with Crippen molar-refractivity contribution in [2.75, 3.05) is 13.7 Å². The van der Waals surface area contributed by atoms with E-state index in [0.29, 0.717) is 13.0 Å². The number of piperidine rings is 1. The summed E-state index contributed by atoms with van der Waals surface area (Å²) in [6.07, 6.45) is 0.812. The van der Waals surface area contributed by atoms with Gasteiger partial charge in [0, 0.05) is 18.5 Å². The van der Waals surface area contributed by atoms with Crippen LogP contribution in [0, 0.1) is 5.92 Å². The van der Waals surface area contributed by atoms with Gasteiger partial charge in [-0.3, -0.25) is 9.69 Å². The normalized spacial score (nSPS) is 28.2. The number of aromatic hydroxyl groups is 1. The summed E-state index contributed by atoms with van der Waals surface area (Å²) in [5.74, 6) is -4.17. The molecule has 1 unspecified atom stereocenters. The van der Waals surface area contributed by atoms with E-state index in [1.807, 2.05) is 0 Å². The summed E-state index contributed by atoms with van der Waals surface area (Å²) in [5, 5.41) is 45.7. The van der Waals surface area contributed by atoms with E-state index in [-0.39, 0.29) is 29.7 Å². The number of nitrogens with zero attached hydrogens (tertiary/aromatic N) is 1. The molecule has 30 heavy (non-hydrogen) atoms. The molecular weight excluding hydrogens is 397 g/mol. The van der Waals surface area contributed by atoms with Crippen molar-refractivity contribution in [3.05, 3.63) is 23.3 Å². The van der Waals surface area contributed by atoms with Crippen LogP contribution in [0.15, 0.2) is 12.1 Å². The topological polar surface area (TPSA) is 169 Å². The number of aromatic carboxylic acids is 1. The highest BCUT2D eigenvalue weighted by molar-refractivity contribution is 6.44. The lowest BCUT2D eigenvalue weighted by atomic mass is 9.74. The molecule has 1 aromatic rings. The number of fused-ring (bicyclic) bond motifs is 3. The minimum absolute atomic E-state index is 0.0301. The van der Waals surface area contributed by atoms with Gasteiger partial charge in [0.15, 0.2) is 0 Å². The van der Waals surface area contributed by atoms with Crippen LogP contribution in [0.5, 0.6) is 11.5 Å². The Kier molecular flexibility index (Phi) is 4.87. The molecular formula is C18H22BN3O8. The maximum Gasteiger partial charge on any atom is 0.476 e. The molecule has 2 saturated heterocycles. The zero-order valence-corrected chi connectivity index (χ0v) is 16.2. The monoisotopic (exact) mass is 419 g/mol. The summed E-state index contributed by atoms with van der Waals surface area (Å²) in [6, 6.07) is 2.04. The quantitative estimate of drug-likeness (QED) is 0.242. The second-order valence-electron chi connectivity index (χ2n) is 7.96. The Bertz CT molecular complexity index is 925. The Balaban J connectivity index is 1.66. The molecule has 1 aromatic carbocycles. The van der Waals surface area contributed by atoms with Gasteiger partial charge in [0.1, 0.15) is 22.6 Å². The molecule has 1 spiro atoms. The molecule has 2 aliphatic heterocycles. The number of amides is 3. The number of hydrogen-bond donors (Lipinski definition) is 6. The molecule has 3 aliphatic rings. The first-order chi connectivity index (χ1) is 14.2. The van der Waals surface area contributed by atoms with Gasteiger partial charge in [-0.1, -0.05) is 6.07 Å². The van der Waals surface area contributed by atoms with Gasteiger partial charge in [-0.25, -0.2) is 9.59 Å². The Morgan fingerprint density at radius 3 is 2.67 bits per heavy atom. The summed E-state index contributed by atoms with van der Waals surface area (Å²) < 4.78 is 4.95. The number of carbonyl (C=O) groups is 3. The summed E-state index contributed by atoms with van der Waals surface area (Å²) >= 11 is 0. The fourth-order valence-electron chi connectivity index (χ4n) is 4.95. The number of phenols is 1. The SMILES string of the molecule is COc1ccc(C[C@@H](B(O)O)N2C(=O)NC3(C[C@@H]4C[C@H]3CN4)C2=O)c(O)c1C(=O)O. The Hall–Kier alpha value is -2.83. The van der Waals surface area contributed by atoms with Gasteiger partial charge in [-0.2, -0.15) is 0 Å². The first-order valence-corrected chi connectivity index (χ1v) is 9.57. The third kappa shape index (κ3) is 2.90. The predicted molar refractivity (Wildman–Crippen MR) is 102 cm³/mol. The van der Waals surface area contributed by atoms with Crippen LogP contribution in [0.25, 0.3) is 0 Å². The van der Waals surface area contributed by atoms with Gasteiger partial charge in [-0.05, 0) is 30.9 Å². The first-order valence-electron chi connectivity index (χ1n) is 9.57. The Labute approximate surface area is 171 Å². The number of nitrogens with one attached hydrogen (secondary N) is 2. The largest absolute Gasteiger partial charge is 0.507 e. The zero-order chi connectivity index (χ0) is 21.8. The fraction of sp³-hybridized carbons (Fsp3) is 0.500. The van der Waals surface area contributed by atoms with Crippen molar-refractivity contribution in [2.24, 2.45) is 5.92 Å². The van der Waals surface area contributed by atoms with E-state index in [0.717, 1.165) is 11.3 Å². The van der Waals surface area contributed by atoms with E-state index in [1.54, 1.807) is 0 Å². The lowest BCUT2D eigenvalue weighted by molar-refractivity contribution is -0.133. The standard InChI is InChI=1S/C18H22BN3O8/c1-30-11-3-2-8(14(23)13(11)15(24)25)4-12(19(28)29)22-16(26)18(21-17(22)27)6-10-5-9(18)7-20-10/h2-3,9-10,12,20,23,28-29H,4-7H2,1H3,(H,21,27)(H,24,25)/t9-,10-,12-,18?/m0/s1. The number of imide groups is 1. The summed E-state index contributed by atoms with van der Waals surface area (Å²) in [4.78, 5) is 38.2. The fourth-order valence-corrected chi connectivity index (χ4v) is 4.95. The van der Waals surface area contributed by atoms with Crippen LogP contribution in [-0.4, -0.2) is 81.4 Å². The van der Waals surface area contributed by atoms with E-state index in [2.05, 4.69) is 10.6 Å². The molecule has 3 fully saturated rings. The second-order valence-corrected chi connectivity index (χ2v) is 7.96. The molecule has 1 saturated carbocycles. The number of urea groups is 1. The number of hydrogen-bond acceptors (Lipinski definition) is 8. The average Bonchev–Trinajstić information content (AvgIpc) is 3.35. The molecule has 4 rings (SSSR count). The smallest absolute Gasteiger partial charge is 0.476 e. The molecule has 2 heterocycles. The zero-order valence-electron chi connectivity index (χ0n) is 16.2.